The van der Waals surface area contributed by atoms with E-state index in [1.54, 1.807) is 6.07 Å². The number of rotatable bonds is 2. The summed E-state index contributed by atoms with van der Waals surface area (Å²) in [6.07, 6.45) is 0.704. The molecule has 0 spiro atoms. The third kappa shape index (κ3) is 2.13. The molecule has 0 heterocycles. The standard InChI is InChI=1S/C12H18FN/c1-5-9-7-10(12(3,4)14)8(2)6-11(9)13/h6-7H,5,14H2,1-4H3. The SMILES string of the molecule is CCc1cc(C(C)(C)N)c(C)cc1F. The summed E-state index contributed by atoms with van der Waals surface area (Å²) in [5.41, 5.74) is 8.29. The zero-order chi connectivity index (χ0) is 10.9. The molecular weight excluding hydrogens is 177 g/mol. The molecule has 0 aliphatic heterocycles. The van der Waals surface area contributed by atoms with Gasteiger partial charge in [0.2, 0.25) is 0 Å². The average molecular weight is 195 g/mol. The highest BCUT2D eigenvalue weighted by Crippen LogP contribution is 2.24. The van der Waals surface area contributed by atoms with Gasteiger partial charge in [0, 0.05) is 5.54 Å². The van der Waals surface area contributed by atoms with Gasteiger partial charge in [-0.2, -0.15) is 0 Å². The molecule has 0 aliphatic rings. The van der Waals surface area contributed by atoms with Gasteiger partial charge < -0.3 is 5.73 Å². The first-order chi connectivity index (χ1) is 6.36. The maximum atomic E-state index is 13.4. The molecule has 0 radical (unpaired) electrons. The van der Waals surface area contributed by atoms with Crippen LogP contribution in [0.1, 0.15) is 37.5 Å². The quantitative estimate of drug-likeness (QED) is 0.771. The van der Waals surface area contributed by atoms with Crippen molar-refractivity contribution in [1.29, 1.82) is 0 Å². The van der Waals surface area contributed by atoms with E-state index in [-0.39, 0.29) is 5.82 Å². The predicted molar refractivity (Wildman–Crippen MR) is 57.7 cm³/mol. The molecule has 0 aliphatic carbocycles. The molecule has 0 atom stereocenters. The summed E-state index contributed by atoms with van der Waals surface area (Å²) in [4.78, 5) is 0. The van der Waals surface area contributed by atoms with Crippen molar-refractivity contribution in [2.45, 2.75) is 39.7 Å². The molecule has 0 bridgehead atoms. The van der Waals surface area contributed by atoms with Crippen LogP contribution in [-0.4, -0.2) is 0 Å². The molecule has 0 aromatic heterocycles. The smallest absolute Gasteiger partial charge is 0.126 e. The Hall–Kier alpha value is -0.890. The van der Waals surface area contributed by atoms with Crippen LogP contribution < -0.4 is 5.73 Å². The van der Waals surface area contributed by atoms with Crippen molar-refractivity contribution in [3.05, 3.63) is 34.6 Å². The van der Waals surface area contributed by atoms with Gasteiger partial charge in [0.05, 0.1) is 0 Å². The highest BCUT2D eigenvalue weighted by molar-refractivity contribution is 5.36. The maximum absolute atomic E-state index is 13.4. The van der Waals surface area contributed by atoms with Crippen LogP contribution in [0.25, 0.3) is 0 Å². The summed E-state index contributed by atoms with van der Waals surface area (Å²) in [5.74, 6) is -0.127. The Kier molecular flexibility index (Phi) is 2.95. The molecule has 0 saturated heterocycles. The van der Waals surface area contributed by atoms with Gasteiger partial charge in [-0.25, -0.2) is 4.39 Å². The van der Waals surface area contributed by atoms with Crippen LogP contribution in [0.4, 0.5) is 4.39 Å². The van der Waals surface area contributed by atoms with Crippen LogP contribution in [0.15, 0.2) is 12.1 Å². The van der Waals surface area contributed by atoms with Crippen LogP contribution in [-0.2, 0) is 12.0 Å². The molecule has 2 heteroatoms. The summed E-state index contributed by atoms with van der Waals surface area (Å²) in [6.45, 7) is 7.72. The first-order valence-corrected chi connectivity index (χ1v) is 4.94. The van der Waals surface area contributed by atoms with Crippen molar-refractivity contribution in [3.63, 3.8) is 0 Å². The van der Waals surface area contributed by atoms with Gasteiger partial charge in [-0.1, -0.05) is 13.0 Å². The van der Waals surface area contributed by atoms with Gasteiger partial charge in [-0.15, -0.1) is 0 Å². The first kappa shape index (κ1) is 11.2. The maximum Gasteiger partial charge on any atom is 0.126 e. The van der Waals surface area contributed by atoms with Crippen molar-refractivity contribution in [2.24, 2.45) is 5.73 Å². The molecule has 78 valence electrons. The van der Waals surface area contributed by atoms with Gasteiger partial charge in [0.25, 0.3) is 0 Å². The summed E-state index contributed by atoms with van der Waals surface area (Å²) in [6, 6.07) is 3.45. The van der Waals surface area contributed by atoms with E-state index in [0.29, 0.717) is 6.42 Å². The normalized spacial score (nSPS) is 11.9. The lowest BCUT2D eigenvalue weighted by Gasteiger charge is -2.22. The number of nitrogens with two attached hydrogens (primary N) is 1. The lowest BCUT2D eigenvalue weighted by molar-refractivity contribution is 0.543. The number of aryl methyl sites for hydroxylation is 2. The third-order valence-corrected chi connectivity index (χ3v) is 2.47. The molecule has 1 aromatic rings. The highest BCUT2D eigenvalue weighted by Gasteiger charge is 2.18. The van der Waals surface area contributed by atoms with Gasteiger partial charge >= 0.3 is 0 Å². The Morgan fingerprint density at radius 2 is 1.93 bits per heavy atom. The average Bonchev–Trinajstić information content (AvgIpc) is 2.02. The van der Waals surface area contributed by atoms with Gasteiger partial charge in [-0.05, 0) is 49.9 Å². The summed E-state index contributed by atoms with van der Waals surface area (Å²) >= 11 is 0. The summed E-state index contributed by atoms with van der Waals surface area (Å²) in [7, 11) is 0. The minimum Gasteiger partial charge on any atom is -0.322 e. The molecule has 0 amide bonds. The predicted octanol–water partition coefficient (Wildman–Crippen LogP) is 2.89. The monoisotopic (exact) mass is 195 g/mol. The second-order valence-corrected chi connectivity index (χ2v) is 4.33. The number of benzene rings is 1. The molecule has 14 heavy (non-hydrogen) atoms. The molecule has 0 saturated carbocycles. The highest BCUT2D eigenvalue weighted by atomic mass is 19.1. The van der Waals surface area contributed by atoms with E-state index in [4.69, 9.17) is 5.73 Å². The summed E-state index contributed by atoms with van der Waals surface area (Å²) < 4.78 is 13.4. The van der Waals surface area contributed by atoms with Crippen molar-refractivity contribution >= 4 is 0 Å². The minimum absolute atomic E-state index is 0.127. The second kappa shape index (κ2) is 3.70. The van der Waals surface area contributed by atoms with Gasteiger partial charge in [0.1, 0.15) is 5.82 Å². The van der Waals surface area contributed by atoms with Crippen LogP contribution in [0.2, 0.25) is 0 Å². The first-order valence-electron chi connectivity index (χ1n) is 4.94. The van der Waals surface area contributed by atoms with Crippen LogP contribution in [0.3, 0.4) is 0 Å². The zero-order valence-corrected chi connectivity index (χ0v) is 9.32. The van der Waals surface area contributed by atoms with Crippen LogP contribution in [0.5, 0.6) is 0 Å². The topological polar surface area (TPSA) is 26.0 Å². The Bertz CT molecular complexity index is 337. The zero-order valence-electron chi connectivity index (χ0n) is 9.32. The summed E-state index contributed by atoms with van der Waals surface area (Å²) in [5, 5.41) is 0. The van der Waals surface area contributed by atoms with Crippen LogP contribution in [0, 0.1) is 12.7 Å². The Balaban J connectivity index is 3.32. The van der Waals surface area contributed by atoms with E-state index >= 15 is 0 Å². The Morgan fingerprint density at radius 3 is 2.36 bits per heavy atom. The van der Waals surface area contributed by atoms with Crippen LogP contribution >= 0.6 is 0 Å². The van der Waals surface area contributed by atoms with E-state index in [0.717, 1.165) is 16.7 Å². The lowest BCUT2D eigenvalue weighted by atomic mass is 9.89. The third-order valence-electron chi connectivity index (χ3n) is 2.47. The molecule has 0 fully saturated rings. The number of hydrogen-bond acceptors (Lipinski definition) is 1. The fraction of sp³-hybridized carbons (Fsp3) is 0.500. The van der Waals surface area contributed by atoms with E-state index in [2.05, 4.69) is 0 Å². The van der Waals surface area contributed by atoms with Gasteiger partial charge in [-0.3, -0.25) is 0 Å². The minimum atomic E-state index is -0.401. The van der Waals surface area contributed by atoms with Crippen molar-refractivity contribution in [3.8, 4) is 0 Å². The van der Waals surface area contributed by atoms with Crippen molar-refractivity contribution in [1.82, 2.24) is 0 Å². The molecule has 2 N–H and O–H groups in total. The second-order valence-electron chi connectivity index (χ2n) is 4.33. The van der Waals surface area contributed by atoms with Crippen molar-refractivity contribution in [2.75, 3.05) is 0 Å². The molecule has 1 rings (SSSR count). The molecular formula is C12H18FN. The molecule has 1 nitrogen and oxygen atoms in total. The van der Waals surface area contributed by atoms with E-state index in [9.17, 15) is 4.39 Å². The largest absolute Gasteiger partial charge is 0.322 e. The lowest BCUT2D eigenvalue weighted by Crippen LogP contribution is -2.29. The number of halogens is 1. The molecule has 0 unspecified atom stereocenters. The van der Waals surface area contributed by atoms with Crippen molar-refractivity contribution < 1.29 is 4.39 Å². The number of hydrogen-bond donors (Lipinski definition) is 1. The van der Waals surface area contributed by atoms with E-state index in [1.807, 2.05) is 33.8 Å². The van der Waals surface area contributed by atoms with E-state index < -0.39 is 5.54 Å². The Morgan fingerprint density at radius 1 is 1.36 bits per heavy atom. The Labute approximate surface area is 85.1 Å². The van der Waals surface area contributed by atoms with E-state index in [1.165, 1.54) is 0 Å². The molecule has 1 aromatic carbocycles. The fourth-order valence-corrected chi connectivity index (χ4v) is 1.68. The fourth-order valence-electron chi connectivity index (χ4n) is 1.68. The van der Waals surface area contributed by atoms with Gasteiger partial charge in [0.15, 0.2) is 0 Å².